The van der Waals surface area contributed by atoms with Crippen molar-refractivity contribution in [3.05, 3.63) is 216 Å². The molecule has 0 fully saturated rings. The van der Waals surface area contributed by atoms with Crippen molar-refractivity contribution in [3.63, 3.8) is 0 Å². The number of hydrogen-bond acceptors (Lipinski definition) is 4. The highest BCUT2D eigenvalue weighted by Crippen LogP contribution is 2.46. The highest BCUT2D eigenvalue weighted by molar-refractivity contribution is 6.13. The van der Waals surface area contributed by atoms with Crippen LogP contribution in [0.25, 0.3) is 28.0 Å². The lowest BCUT2D eigenvalue weighted by Gasteiger charge is -2.29. The van der Waals surface area contributed by atoms with Gasteiger partial charge >= 0.3 is 0 Å². The molecule has 0 amide bonds. The van der Waals surface area contributed by atoms with Gasteiger partial charge in [-0.15, -0.1) is 0 Å². The number of nitrogens with one attached hydrogen (secondary N) is 2. The predicted octanol–water partition coefficient (Wildman–Crippen LogP) is 11.4. The summed E-state index contributed by atoms with van der Waals surface area (Å²) in [6.07, 6.45) is 1.83. The Kier molecular flexibility index (Phi) is 7.95. The van der Waals surface area contributed by atoms with E-state index >= 15 is 0 Å². The first-order chi connectivity index (χ1) is 25.3. The zero-order valence-corrected chi connectivity index (χ0v) is 28.0. The van der Waals surface area contributed by atoms with E-state index in [4.69, 9.17) is 4.99 Å². The number of anilines is 3. The highest BCUT2D eigenvalue weighted by atomic mass is 15.3. The normalized spacial score (nSPS) is 16.4. The van der Waals surface area contributed by atoms with E-state index in [1.54, 1.807) is 0 Å². The number of fused-ring (bicyclic) bond motifs is 1. The molecule has 0 aromatic heterocycles. The molecule has 2 aliphatic rings. The summed E-state index contributed by atoms with van der Waals surface area (Å²) >= 11 is 0. The maximum Gasteiger partial charge on any atom is 0.145 e. The molecule has 7 aromatic rings. The molecule has 0 aliphatic carbocycles. The van der Waals surface area contributed by atoms with Crippen molar-refractivity contribution in [3.8, 4) is 22.3 Å². The van der Waals surface area contributed by atoms with Gasteiger partial charge < -0.3 is 15.5 Å². The number of rotatable bonds is 7. The summed E-state index contributed by atoms with van der Waals surface area (Å²) in [5.41, 5.74) is 14.6. The molecule has 0 bridgehead atoms. The topological polar surface area (TPSA) is 39.7 Å². The molecule has 2 aliphatic heterocycles. The minimum Gasteiger partial charge on any atom is -0.360 e. The van der Waals surface area contributed by atoms with Crippen molar-refractivity contribution in [2.24, 2.45) is 4.99 Å². The van der Waals surface area contributed by atoms with Crippen LogP contribution in [0.1, 0.15) is 34.6 Å². The molecule has 0 saturated carbocycles. The van der Waals surface area contributed by atoms with E-state index in [1.807, 2.05) is 0 Å². The van der Waals surface area contributed by atoms with Gasteiger partial charge in [-0.1, -0.05) is 146 Å². The fraction of sp³-hybridized carbons (Fsp3) is 0.0426. The fourth-order valence-corrected chi connectivity index (χ4v) is 7.17. The molecule has 4 nitrogen and oxygen atoms in total. The third-order valence-corrected chi connectivity index (χ3v) is 9.68. The Balaban J connectivity index is 1.12. The SMILES string of the molecule is C1=C(c2cccc(-c3ccccc3)c2)NC(c2cccc(C3Nc4ccccc4N3c3ccccc3)c2)N=C1c1cccc(-c2ccccc2)c1. The second-order valence-corrected chi connectivity index (χ2v) is 13.0. The number of para-hydroxylation sites is 3. The highest BCUT2D eigenvalue weighted by Gasteiger charge is 2.31. The van der Waals surface area contributed by atoms with Gasteiger partial charge in [0.05, 0.1) is 17.1 Å². The molecular formula is C47H36N4. The maximum atomic E-state index is 5.39. The van der Waals surface area contributed by atoms with Crippen LogP contribution in [0.15, 0.2) is 199 Å². The quantitative estimate of drug-likeness (QED) is 0.179. The number of benzene rings is 7. The van der Waals surface area contributed by atoms with Crippen LogP contribution in [-0.2, 0) is 0 Å². The van der Waals surface area contributed by atoms with Crippen molar-refractivity contribution in [1.82, 2.24) is 5.32 Å². The lowest BCUT2D eigenvalue weighted by molar-refractivity contribution is 0.661. The van der Waals surface area contributed by atoms with Gasteiger partial charge in [0.1, 0.15) is 12.3 Å². The first-order valence-electron chi connectivity index (χ1n) is 17.4. The molecule has 244 valence electrons. The van der Waals surface area contributed by atoms with E-state index in [1.165, 1.54) is 27.8 Å². The molecule has 2 N–H and O–H groups in total. The van der Waals surface area contributed by atoms with Crippen LogP contribution in [-0.4, -0.2) is 5.71 Å². The van der Waals surface area contributed by atoms with Crippen molar-refractivity contribution >= 4 is 28.5 Å². The van der Waals surface area contributed by atoms with Gasteiger partial charge in [0.2, 0.25) is 0 Å². The van der Waals surface area contributed by atoms with Crippen LogP contribution in [0.2, 0.25) is 0 Å². The van der Waals surface area contributed by atoms with Crippen molar-refractivity contribution in [2.45, 2.75) is 12.3 Å². The average Bonchev–Trinajstić information content (AvgIpc) is 3.62. The zero-order valence-electron chi connectivity index (χ0n) is 28.0. The number of allylic oxidation sites excluding steroid dienone is 1. The lowest BCUT2D eigenvalue weighted by Crippen LogP contribution is -2.26. The second kappa shape index (κ2) is 13.3. The Morgan fingerprint density at radius 1 is 0.431 bits per heavy atom. The van der Waals surface area contributed by atoms with Gasteiger partial charge in [-0.05, 0) is 87.5 Å². The Labute approximate surface area is 299 Å². The second-order valence-electron chi connectivity index (χ2n) is 13.0. The smallest absolute Gasteiger partial charge is 0.145 e. The standard InChI is InChI=1S/C47H36N4/c1-4-15-33(16-5-1)35-19-12-21-37(29-35)43-32-44(38-22-13-20-36(30-38)34-17-6-2-7-18-34)49-46(48-43)39-23-14-24-40(31-39)47-50-42-27-10-11-28-45(42)51(47)41-25-8-3-9-26-41/h1-32,46-48,50H. The lowest BCUT2D eigenvalue weighted by atomic mass is 9.96. The van der Waals surface area contributed by atoms with Gasteiger partial charge in [0.25, 0.3) is 0 Å². The molecule has 4 heteroatoms. The predicted molar refractivity (Wildman–Crippen MR) is 212 cm³/mol. The Morgan fingerprint density at radius 3 is 1.71 bits per heavy atom. The molecule has 7 aromatic carbocycles. The summed E-state index contributed by atoms with van der Waals surface area (Å²) in [7, 11) is 0. The van der Waals surface area contributed by atoms with E-state index in [9.17, 15) is 0 Å². The summed E-state index contributed by atoms with van der Waals surface area (Å²) in [5.74, 6) is 0. The molecule has 2 atom stereocenters. The minimum absolute atomic E-state index is 0.0723. The Morgan fingerprint density at radius 2 is 0.980 bits per heavy atom. The first kappa shape index (κ1) is 30.4. The van der Waals surface area contributed by atoms with E-state index in [2.05, 4.69) is 210 Å². The monoisotopic (exact) mass is 656 g/mol. The molecular weight excluding hydrogens is 621 g/mol. The van der Waals surface area contributed by atoms with Crippen molar-refractivity contribution < 1.29 is 0 Å². The summed E-state index contributed by atoms with van der Waals surface area (Å²) in [6.45, 7) is 0. The minimum atomic E-state index is -0.297. The molecule has 51 heavy (non-hydrogen) atoms. The van der Waals surface area contributed by atoms with Gasteiger partial charge in [-0.3, -0.25) is 4.99 Å². The first-order valence-corrected chi connectivity index (χ1v) is 17.4. The maximum absolute atomic E-state index is 5.39. The number of nitrogens with zero attached hydrogens (tertiary/aromatic N) is 2. The van der Waals surface area contributed by atoms with Gasteiger partial charge in [0.15, 0.2) is 0 Å². The number of hydrogen-bond donors (Lipinski definition) is 2. The summed E-state index contributed by atoms with van der Waals surface area (Å²) in [4.78, 5) is 7.77. The summed E-state index contributed by atoms with van der Waals surface area (Å²) in [6, 6.07) is 66.5. The Bertz CT molecular complexity index is 2380. The molecule has 2 unspecified atom stereocenters. The zero-order chi connectivity index (χ0) is 34.0. The molecule has 0 saturated heterocycles. The molecule has 0 radical (unpaired) electrons. The fourth-order valence-electron chi connectivity index (χ4n) is 7.17. The van der Waals surface area contributed by atoms with Crippen LogP contribution in [0, 0.1) is 0 Å². The summed E-state index contributed by atoms with van der Waals surface area (Å²) in [5, 5.41) is 7.63. The summed E-state index contributed by atoms with van der Waals surface area (Å²) < 4.78 is 0. The van der Waals surface area contributed by atoms with Crippen LogP contribution in [0.5, 0.6) is 0 Å². The largest absolute Gasteiger partial charge is 0.360 e. The molecule has 2 heterocycles. The van der Waals surface area contributed by atoms with Crippen LogP contribution in [0.3, 0.4) is 0 Å². The van der Waals surface area contributed by atoms with Crippen LogP contribution in [0.4, 0.5) is 17.1 Å². The van der Waals surface area contributed by atoms with E-state index in [0.717, 1.165) is 45.2 Å². The van der Waals surface area contributed by atoms with E-state index in [0.29, 0.717) is 0 Å². The van der Waals surface area contributed by atoms with Crippen LogP contribution >= 0.6 is 0 Å². The van der Waals surface area contributed by atoms with Gasteiger partial charge in [-0.2, -0.15) is 0 Å². The van der Waals surface area contributed by atoms with E-state index in [-0.39, 0.29) is 12.3 Å². The van der Waals surface area contributed by atoms with E-state index < -0.39 is 0 Å². The molecule has 9 rings (SSSR count). The third-order valence-electron chi connectivity index (χ3n) is 9.68. The van der Waals surface area contributed by atoms with Crippen LogP contribution < -0.4 is 15.5 Å². The van der Waals surface area contributed by atoms with Gasteiger partial charge in [0, 0.05) is 16.9 Å². The van der Waals surface area contributed by atoms with Crippen molar-refractivity contribution in [1.29, 1.82) is 0 Å². The molecule has 0 spiro atoms. The van der Waals surface area contributed by atoms with Gasteiger partial charge in [-0.25, -0.2) is 0 Å². The van der Waals surface area contributed by atoms with Crippen molar-refractivity contribution in [2.75, 3.05) is 10.2 Å². The Hall–Kier alpha value is -6.65. The number of aliphatic imine (C=N–C) groups is 1. The third kappa shape index (κ3) is 6.09. The average molecular weight is 657 g/mol.